The molecule has 0 N–H and O–H groups in total. The van der Waals surface area contributed by atoms with Crippen LogP contribution in [-0.4, -0.2) is 0 Å². The average Bonchev–Trinajstić information content (AvgIpc) is 2.15. The molecule has 0 heterocycles. The van der Waals surface area contributed by atoms with Crippen LogP contribution in [0.2, 0.25) is 0 Å². The first kappa shape index (κ1) is 10.7. The number of benzene rings is 1. The lowest BCUT2D eigenvalue weighted by Crippen LogP contribution is -1.87. The van der Waals surface area contributed by atoms with Crippen molar-refractivity contribution in [3.05, 3.63) is 42.3 Å². The number of hydrogen-bond donors (Lipinski definition) is 0. The number of aryl methyl sites for hydroxylation is 1. The molecule has 2 unspecified atom stereocenters. The molecule has 0 spiro atoms. The van der Waals surface area contributed by atoms with Gasteiger partial charge in [-0.25, -0.2) is 0 Å². The lowest BCUT2D eigenvalue weighted by atomic mass is 10.1. The molecule has 1 heteroatoms. The fraction of sp³-hybridized carbons (Fsp3) is 0.417. The Morgan fingerprint density at radius 3 is 2.38 bits per heavy atom. The summed E-state index contributed by atoms with van der Waals surface area (Å²) in [6, 6.07) is 8.78. The Labute approximate surface area is 84.0 Å². The molecule has 2 atom stereocenters. The van der Waals surface area contributed by atoms with Gasteiger partial charge in [-0.15, -0.1) is 9.24 Å². The van der Waals surface area contributed by atoms with Gasteiger partial charge < -0.3 is 0 Å². The Morgan fingerprint density at radius 2 is 1.92 bits per heavy atom. The van der Waals surface area contributed by atoms with Crippen LogP contribution in [0.1, 0.15) is 36.6 Å². The summed E-state index contributed by atoms with van der Waals surface area (Å²) < 4.78 is 0. The predicted molar refractivity (Wildman–Crippen MR) is 62.9 cm³/mol. The number of unbranched alkanes of at least 4 members (excludes halogenated alkanes) is 1. The Bertz CT molecular complexity index is 236. The van der Waals surface area contributed by atoms with E-state index in [1.165, 1.54) is 30.4 Å². The summed E-state index contributed by atoms with van der Waals surface area (Å²) in [4.78, 5) is 0. The van der Waals surface area contributed by atoms with Gasteiger partial charge in [0, 0.05) is 0 Å². The maximum atomic E-state index is 3.96. The molecule has 1 aromatic rings. The zero-order valence-corrected chi connectivity index (χ0v) is 9.45. The Kier molecular flexibility index (Phi) is 4.45. The quantitative estimate of drug-likeness (QED) is 0.638. The Hall–Kier alpha value is -0.350. The van der Waals surface area contributed by atoms with Crippen molar-refractivity contribution in [2.24, 2.45) is 0 Å². The van der Waals surface area contributed by atoms with Crippen LogP contribution in [0.15, 0.2) is 24.3 Å². The van der Waals surface area contributed by atoms with Crippen LogP contribution in [0.5, 0.6) is 0 Å². The normalized spacial score (nSPS) is 12.8. The highest BCUT2D eigenvalue weighted by Gasteiger charge is 1.98. The lowest BCUT2D eigenvalue weighted by Gasteiger charge is -2.05. The second-order valence-corrected chi connectivity index (χ2v) is 4.26. The monoisotopic (exact) mass is 193 g/mol. The summed E-state index contributed by atoms with van der Waals surface area (Å²) in [5, 5.41) is 0. The third-order valence-corrected chi connectivity index (χ3v) is 2.61. The van der Waals surface area contributed by atoms with Gasteiger partial charge in [0.25, 0.3) is 0 Å². The SMILES string of the molecule is [CH2]C(P)c1ccc(CCCC)cc1. The molecule has 0 aliphatic heterocycles. The van der Waals surface area contributed by atoms with E-state index in [0.717, 1.165) is 0 Å². The molecule has 71 valence electrons. The van der Waals surface area contributed by atoms with Crippen LogP contribution in [0.3, 0.4) is 0 Å². The van der Waals surface area contributed by atoms with Crippen LogP contribution in [0.25, 0.3) is 0 Å². The van der Waals surface area contributed by atoms with Crippen LogP contribution in [-0.2, 0) is 6.42 Å². The first-order chi connectivity index (χ1) is 6.24. The molecule has 0 nitrogen and oxygen atoms in total. The van der Waals surface area contributed by atoms with Gasteiger partial charge in [-0.2, -0.15) is 0 Å². The molecular formula is C12H18P. The third-order valence-electron chi connectivity index (χ3n) is 2.23. The standard InChI is InChI=1S/C12H18P/c1-3-4-5-11-6-8-12(9-7-11)10(2)13/h6-10H,2-5,13H2,1H3. The van der Waals surface area contributed by atoms with E-state index in [0.29, 0.717) is 5.66 Å². The minimum absolute atomic E-state index is 0.320. The minimum atomic E-state index is 0.320. The summed E-state index contributed by atoms with van der Waals surface area (Å²) in [6.07, 6.45) is 3.76. The van der Waals surface area contributed by atoms with Crippen molar-refractivity contribution in [2.45, 2.75) is 31.8 Å². The van der Waals surface area contributed by atoms with Gasteiger partial charge in [-0.05, 0) is 36.6 Å². The van der Waals surface area contributed by atoms with E-state index in [1.54, 1.807) is 0 Å². The zero-order valence-electron chi connectivity index (χ0n) is 8.29. The van der Waals surface area contributed by atoms with Crippen molar-refractivity contribution in [2.75, 3.05) is 0 Å². The molecule has 0 saturated heterocycles. The van der Waals surface area contributed by atoms with Gasteiger partial charge in [0.15, 0.2) is 0 Å². The summed E-state index contributed by atoms with van der Waals surface area (Å²) in [6.45, 7) is 6.19. The van der Waals surface area contributed by atoms with Crippen molar-refractivity contribution < 1.29 is 0 Å². The molecule has 1 aromatic carbocycles. The molecule has 0 fully saturated rings. The van der Waals surface area contributed by atoms with Crippen molar-refractivity contribution in [3.63, 3.8) is 0 Å². The van der Waals surface area contributed by atoms with E-state index in [1.807, 2.05) is 0 Å². The molecule has 0 aliphatic rings. The smallest absolute Gasteiger partial charge is 0.00142 e. The van der Waals surface area contributed by atoms with Gasteiger partial charge in [-0.1, -0.05) is 37.6 Å². The largest absolute Gasteiger partial charge is 0.130 e. The van der Waals surface area contributed by atoms with Crippen LogP contribution in [0.4, 0.5) is 0 Å². The van der Waals surface area contributed by atoms with Crippen molar-refractivity contribution >= 4 is 9.24 Å². The highest BCUT2D eigenvalue weighted by atomic mass is 31.0. The fourth-order valence-corrected chi connectivity index (χ4v) is 1.53. The van der Waals surface area contributed by atoms with Crippen LogP contribution >= 0.6 is 9.24 Å². The molecule has 1 rings (SSSR count). The van der Waals surface area contributed by atoms with Crippen LogP contribution < -0.4 is 0 Å². The molecular weight excluding hydrogens is 175 g/mol. The fourth-order valence-electron chi connectivity index (χ4n) is 1.31. The number of hydrogen-bond acceptors (Lipinski definition) is 0. The predicted octanol–water partition coefficient (Wildman–Crippen LogP) is 3.78. The minimum Gasteiger partial charge on any atom is -0.130 e. The third kappa shape index (κ3) is 3.48. The van der Waals surface area contributed by atoms with Crippen molar-refractivity contribution in [1.82, 2.24) is 0 Å². The molecule has 13 heavy (non-hydrogen) atoms. The first-order valence-corrected chi connectivity index (χ1v) is 5.58. The molecule has 1 radical (unpaired) electrons. The van der Waals surface area contributed by atoms with Crippen molar-refractivity contribution in [1.29, 1.82) is 0 Å². The zero-order chi connectivity index (χ0) is 9.68. The van der Waals surface area contributed by atoms with E-state index < -0.39 is 0 Å². The maximum absolute atomic E-state index is 3.96. The summed E-state index contributed by atoms with van der Waals surface area (Å²) >= 11 is 0. The van der Waals surface area contributed by atoms with Crippen molar-refractivity contribution in [3.8, 4) is 0 Å². The molecule has 0 aliphatic carbocycles. The number of rotatable bonds is 4. The Balaban J connectivity index is 2.59. The Morgan fingerprint density at radius 1 is 1.31 bits per heavy atom. The molecule has 0 amide bonds. The van der Waals surface area contributed by atoms with E-state index in [4.69, 9.17) is 0 Å². The van der Waals surface area contributed by atoms with E-state index in [2.05, 4.69) is 47.4 Å². The topological polar surface area (TPSA) is 0 Å². The maximum Gasteiger partial charge on any atom is -0.00142 e. The van der Waals surface area contributed by atoms with E-state index in [-0.39, 0.29) is 0 Å². The van der Waals surface area contributed by atoms with Gasteiger partial charge in [-0.3, -0.25) is 0 Å². The molecule has 0 aromatic heterocycles. The van der Waals surface area contributed by atoms with Gasteiger partial charge in [0.2, 0.25) is 0 Å². The average molecular weight is 193 g/mol. The van der Waals surface area contributed by atoms with E-state index >= 15 is 0 Å². The summed E-state index contributed by atoms with van der Waals surface area (Å²) in [5.41, 5.74) is 3.06. The van der Waals surface area contributed by atoms with Crippen LogP contribution in [0, 0.1) is 6.92 Å². The highest BCUT2D eigenvalue weighted by molar-refractivity contribution is 7.17. The first-order valence-electron chi connectivity index (χ1n) is 4.91. The molecule has 0 saturated carbocycles. The van der Waals surface area contributed by atoms with Gasteiger partial charge >= 0.3 is 0 Å². The summed E-state index contributed by atoms with van der Waals surface area (Å²) in [5.74, 6) is 0. The molecule has 0 bridgehead atoms. The second-order valence-electron chi connectivity index (χ2n) is 3.45. The highest BCUT2D eigenvalue weighted by Crippen LogP contribution is 2.21. The van der Waals surface area contributed by atoms with E-state index in [9.17, 15) is 0 Å². The van der Waals surface area contributed by atoms with Gasteiger partial charge in [0.1, 0.15) is 0 Å². The summed E-state index contributed by atoms with van der Waals surface area (Å²) in [7, 11) is 2.71. The second kappa shape index (κ2) is 5.40. The van der Waals surface area contributed by atoms with Gasteiger partial charge in [0.05, 0.1) is 0 Å². The lowest BCUT2D eigenvalue weighted by molar-refractivity contribution is 0.795.